The predicted molar refractivity (Wildman–Crippen MR) is 73.6 cm³/mol. The van der Waals surface area contributed by atoms with Crippen LogP contribution in [0.2, 0.25) is 0 Å². The van der Waals surface area contributed by atoms with E-state index in [-0.39, 0.29) is 0 Å². The molecule has 0 saturated heterocycles. The lowest BCUT2D eigenvalue weighted by Crippen LogP contribution is -2.31. The Balaban J connectivity index is 3.12. The first kappa shape index (κ1) is 14.2. The summed E-state index contributed by atoms with van der Waals surface area (Å²) in [5.74, 6) is 0. The summed E-state index contributed by atoms with van der Waals surface area (Å²) in [6, 6.07) is 6.93. The van der Waals surface area contributed by atoms with E-state index in [2.05, 4.69) is 0 Å². The van der Waals surface area contributed by atoms with Crippen LogP contribution in [0.1, 0.15) is 17.2 Å². The second kappa shape index (κ2) is 4.80. The van der Waals surface area contributed by atoms with Gasteiger partial charge in [0.1, 0.15) is 6.10 Å². The average Bonchev–Trinajstić information content (AvgIpc) is 2.16. The smallest absolute Gasteiger partial charge is 0.224 e. The Bertz CT molecular complexity index is 467. The van der Waals surface area contributed by atoms with Crippen LogP contribution in [-0.4, -0.2) is 22.0 Å². The minimum atomic E-state index is -3.56. The molecule has 0 fully saturated rings. The first-order chi connectivity index (χ1) is 7.16. The number of aliphatic hydroxyl groups excluding tert-OH is 1. The number of aryl methyl sites for hydroxylation is 1. The van der Waals surface area contributed by atoms with Crippen molar-refractivity contribution in [1.29, 1.82) is 0 Å². The second-order valence-corrected chi connectivity index (χ2v) is 9.73. The number of benzene rings is 1. The van der Waals surface area contributed by atoms with Crippen LogP contribution >= 0.6 is 34.2 Å². The van der Waals surface area contributed by atoms with Crippen molar-refractivity contribution in [3.8, 4) is 0 Å². The van der Waals surface area contributed by atoms with Crippen LogP contribution in [0.5, 0.6) is 0 Å². The Morgan fingerprint density at radius 2 is 1.81 bits per heavy atom. The highest BCUT2D eigenvalue weighted by Gasteiger charge is 2.43. The number of aliphatic hydroxyl groups is 1. The van der Waals surface area contributed by atoms with Crippen molar-refractivity contribution in [1.82, 2.24) is 0 Å². The number of sulfone groups is 1. The van der Waals surface area contributed by atoms with Crippen LogP contribution in [0.15, 0.2) is 24.3 Å². The van der Waals surface area contributed by atoms with Crippen LogP contribution in [0.3, 0.4) is 0 Å². The fourth-order valence-electron chi connectivity index (χ4n) is 1.15. The van der Waals surface area contributed by atoms with Crippen molar-refractivity contribution in [2.24, 2.45) is 0 Å². The van der Waals surface area contributed by atoms with Gasteiger partial charge in [-0.3, -0.25) is 0 Å². The van der Waals surface area contributed by atoms with Crippen LogP contribution in [0.25, 0.3) is 0 Å². The molecule has 90 valence electrons. The Hall–Kier alpha value is 0.150. The SMILES string of the molecule is Cc1ccc([C@@H](O)[C@](Cl)(I)S(C)(=O)=O)cc1. The number of hydrogen-bond acceptors (Lipinski definition) is 3. The molecule has 1 N–H and O–H groups in total. The monoisotopic (exact) mass is 374 g/mol. The van der Waals surface area contributed by atoms with Gasteiger partial charge in [0, 0.05) is 6.26 Å². The van der Waals surface area contributed by atoms with Crippen LogP contribution in [-0.2, 0) is 9.84 Å². The topological polar surface area (TPSA) is 54.4 Å². The van der Waals surface area contributed by atoms with Gasteiger partial charge in [0.15, 0.2) is 9.84 Å². The van der Waals surface area contributed by atoms with E-state index < -0.39 is 18.2 Å². The van der Waals surface area contributed by atoms with E-state index in [1.54, 1.807) is 46.9 Å². The number of alkyl halides is 2. The van der Waals surface area contributed by atoms with E-state index in [1.165, 1.54) is 0 Å². The zero-order valence-electron chi connectivity index (χ0n) is 8.81. The van der Waals surface area contributed by atoms with Gasteiger partial charge in [0.2, 0.25) is 2.21 Å². The fourth-order valence-corrected chi connectivity index (χ4v) is 2.17. The van der Waals surface area contributed by atoms with Gasteiger partial charge < -0.3 is 5.11 Å². The summed E-state index contributed by atoms with van der Waals surface area (Å²) in [6.45, 7) is 1.91. The van der Waals surface area contributed by atoms with Gasteiger partial charge in [-0.2, -0.15) is 0 Å². The number of hydrogen-bond donors (Lipinski definition) is 1. The molecule has 3 nitrogen and oxygen atoms in total. The van der Waals surface area contributed by atoms with Crippen molar-refractivity contribution in [3.63, 3.8) is 0 Å². The summed E-state index contributed by atoms with van der Waals surface area (Å²) >= 11 is 7.43. The molecule has 0 amide bonds. The normalized spacial score (nSPS) is 17.8. The highest BCUT2D eigenvalue weighted by Crippen LogP contribution is 2.42. The van der Waals surface area contributed by atoms with Crippen molar-refractivity contribution in [2.45, 2.75) is 15.2 Å². The van der Waals surface area contributed by atoms with Crippen molar-refractivity contribution >= 4 is 44.0 Å². The summed E-state index contributed by atoms with van der Waals surface area (Å²) in [4.78, 5) is 0. The Labute approximate surface area is 114 Å². The molecular formula is C10H12ClIO3S. The number of rotatable bonds is 3. The lowest BCUT2D eigenvalue weighted by molar-refractivity contribution is 0.188. The third kappa shape index (κ3) is 2.88. The standard InChI is InChI=1S/C10H12ClIO3S/c1-7-3-5-8(6-4-7)9(13)10(11,12)16(2,14)15/h3-6,9,13H,1-2H3/t9-,10+/m1/s1. The molecule has 1 aromatic carbocycles. The maximum Gasteiger partial charge on any atom is 0.224 e. The van der Waals surface area contributed by atoms with Gasteiger partial charge in [0.05, 0.1) is 0 Å². The van der Waals surface area contributed by atoms with Crippen LogP contribution in [0.4, 0.5) is 0 Å². The maximum absolute atomic E-state index is 11.4. The molecule has 0 saturated carbocycles. The molecule has 1 rings (SSSR count). The summed E-state index contributed by atoms with van der Waals surface area (Å²) in [6.07, 6.45) is -0.255. The van der Waals surface area contributed by atoms with Gasteiger partial charge in [-0.15, -0.1) is 0 Å². The molecule has 16 heavy (non-hydrogen) atoms. The van der Waals surface area contributed by atoms with E-state index >= 15 is 0 Å². The molecule has 2 atom stereocenters. The van der Waals surface area contributed by atoms with Crippen molar-refractivity contribution in [3.05, 3.63) is 35.4 Å². The average molecular weight is 375 g/mol. The Morgan fingerprint density at radius 3 is 2.19 bits per heavy atom. The summed E-state index contributed by atoms with van der Waals surface area (Å²) in [5.41, 5.74) is 1.52. The largest absolute Gasteiger partial charge is 0.385 e. The number of halogens is 2. The molecular weight excluding hydrogens is 363 g/mol. The molecule has 6 heteroatoms. The van der Waals surface area contributed by atoms with E-state index in [0.717, 1.165) is 11.8 Å². The van der Waals surface area contributed by atoms with Gasteiger partial charge in [-0.1, -0.05) is 41.4 Å². The maximum atomic E-state index is 11.4. The summed E-state index contributed by atoms with van der Waals surface area (Å²) < 4.78 is 21.1. The highest BCUT2D eigenvalue weighted by atomic mass is 127. The van der Waals surface area contributed by atoms with Crippen molar-refractivity contribution in [2.75, 3.05) is 6.26 Å². The molecule has 0 radical (unpaired) electrons. The summed E-state index contributed by atoms with van der Waals surface area (Å²) in [7, 11) is -3.56. The lowest BCUT2D eigenvalue weighted by atomic mass is 10.1. The fraction of sp³-hybridized carbons (Fsp3) is 0.400. The quantitative estimate of drug-likeness (QED) is 0.653. The summed E-state index contributed by atoms with van der Waals surface area (Å²) in [5, 5.41) is 9.96. The highest BCUT2D eigenvalue weighted by molar-refractivity contribution is 14.1. The van der Waals surface area contributed by atoms with E-state index in [0.29, 0.717) is 5.56 Å². The van der Waals surface area contributed by atoms with Crippen LogP contribution in [0, 0.1) is 6.92 Å². The Kier molecular flexibility index (Phi) is 4.26. The molecule has 0 aromatic heterocycles. The molecule has 0 aliphatic carbocycles. The first-order valence-corrected chi connectivity index (χ1v) is 7.83. The van der Waals surface area contributed by atoms with E-state index in [4.69, 9.17) is 11.6 Å². The third-order valence-corrected chi connectivity index (χ3v) is 7.46. The minimum Gasteiger partial charge on any atom is -0.385 e. The third-order valence-electron chi connectivity index (χ3n) is 2.21. The minimum absolute atomic E-state index is 0.487. The van der Waals surface area contributed by atoms with Crippen molar-refractivity contribution < 1.29 is 13.5 Å². The predicted octanol–water partition coefficient (Wildman–Crippen LogP) is 2.40. The molecule has 0 bridgehead atoms. The Morgan fingerprint density at radius 1 is 1.38 bits per heavy atom. The van der Waals surface area contributed by atoms with Crippen LogP contribution < -0.4 is 0 Å². The molecule has 0 aliphatic heterocycles. The van der Waals surface area contributed by atoms with E-state index in [1.807, 2.05) is 6.92 Å². The van der Waals surface area contributed by atoms with Gasteiger partial charge >= 0.3 is 0 Å². The molecule has 0 unspecified atom stereocenters. The van der Waals surface area contributed by atoms with Gasteiger partial charge in [-0.25, -0.2) is 8.42 Å². The first-order valence-electron chi connectivity index (χ1n) is 4.48. The van der Waals surface area contributed by atoms with E-state index in [9.17, 15) is 13.5 Å². The van der Waals surface area contributed by atoms with Gasteiger partial charge in [-0.05, 0) is 35.1 Å². The molecule has 1 aromatic rings. The molecule has 0 aliphatic rings. The molecule has 0 heterocycles. The zero-order valence-corrected chi connectivity index (χ0v) is 12.5. The second-order valence-electron chi connectivity index (χ2n) is 3.65. The van der Waals surface area contributed by atoms with Gasteiger partial charge in [0.25, 0.3) is 0 Å². The lowest BCUT2D eigenvalue weighted by Gasteiger charge is -2.24. The molecule has 0 spiro atoms. The zero-order chi connectivity index (χ0) is 12.6.